The normalized spacial score (nSPS) is 12.2. The van der Waals surface area contributed by atoms with Crippen LogP contribution in [0.2, 0.25) is 0 Å². The molecule has 0 saturated carbocycles. The highest BCUT2D eigenvalue weighted by Crippen LogP contribution is 2.41. The van der Waals surface area contributed by atoms with E-state index in [4.69, 9.17) is 5.73 Å². The molecule has 1 unspecified atom stereocenters. The second kappa shape index (κ2) is 8.57. The summed E-state index contributed by atoms with van der Waals surface area (Å²) in [7, 11) is 1.94. The van der Waals surface area contributed by atoms with Crippen LogP contribution in [0, 0.1) is 0 Å². The van der Waals surface area contributed by atoms with Gasteiger partial charge in [-0.15, -0.1) is 0 Å². The van der Waals surface area contributed by atoms with Gasteiger partial charge in [-0.05, 0) is 41.1 Å². The van der Waals surface area contributed by atoms with Gasteiger partial charge in [-0.1, -0.05) is 66.7 Å². The maximum absolute atomic E-state index is 10.8. The molecule has 0 radical (unpaired) electrons. The number of likely N-dealkylation sites (N-methyl/N-ethyl adjacent to an activating group) is 1. The van der Waals surface area contributed by atoms with E-state index in [2.05, 4.69) is 41.7 Å². The molecule has 0 aliphatic carbocycles. The monoisotopic (exact) mass is 398 g/mol. The molecule has 0 amide bonds. The maximum Gasteiger partial charge on any atom is 0.128 e. The standard InChI is InChI=1S/C26H26N2O2/c1-28-16-24(21-11-6-8-17-7-2-3-9-20(17)21)18-13-19(15-27)26(30)23(14-18)22-10-4-5-12-25(22)29/h2-14,24,28-30H,15-16,27H2,1H3. The highest BCUT2D eigenvalue weighted by Gasteiger charge is 2.21. The fourth-order valence-corrected chi connectivity index (χ4v) is 4.15. The van der Waals surface area contributed by atoms with Crippen molar-refractivity contribution in [2.24, 2.45) is 5.73 Å². The molecule has 4 nitrogen and oxygen atoms in total. The van der Waals surface area contributed by atoms with Crippen molar-refractivity contribution < 1.29 is 10.2 Å². The van der Waals surface area contributed by atoms with Gasteiger partial charge in [-0.3, -0.25) is 0 Å². The highest BCUT2D eigenvalue weighted by atomic mass is 16.3. The van der Waals surface area contributed by atoms with Crippen molar-refractivity contribution >= 4 is 10.8 Å². The van der Waals surface area contributed by atoms with E-state index in [1.165, 1.54) is 16.3 Å². The van der Waals surface area contributed by atoms with Gasteiger partial charge >= 0.3 is 0 Å². The molecule has 5 N–H and O–H groups in total. The topological polar surface area (TPSA) is 78.5 Å². The average molecular weight is 399 g/mol. The fraction of sp³-hybridized carbons (Fsp3) is 0.154. The smallest absolute Gasteiger partial charge is 0.128 e. The SMILES string of the molecule is CNCC(c1cc(CN)c(O)c(-c2ccccc2O)c1)c1cccc2ccccc12. The van der Waals surface area contributed by atoms with Crippen LogP contribution >= 0.6 is 0 Å². The lowest BCUT2D eigenvalue weighted by Crippen LogP contribution is -2.19. The zero-order chi connectivity index (χ0) is 21.1. The first-order valence-electron chi connectivity index (χ1n) is 10.1. The van der Waals surface area contributed by atoms with Gasteiger partial charge in [0.25, 0.3) is 0 Å². The van der Waals surface area contributed by atoms with Crippen molar-refractivity contribution in [1.29, 1.82) is 0 Å². The molecule has 0 aromatic heterocycles. The van der Waals surface area contributed by atoms with E-state index < -0.39 is 0 Å². The first-order chi connectivity index (χ1) is 14.6. The first-order valence-corrected chi connectivity index (χ1v) is 10.1. The minimum atomic E-state index is 0.0524. The number of nitrogens with one attached hydrogen (secondary N) is 1. The number of hydrogen-bond acceptors (Lipinski definition) is 4. The number of phenols is 2. The van der Waals surface area contributed by atoms with Crippen LogP contribution in [0.1, 0.15) is 22.6 Å². The maximum atomic E-state index is 10.8. The van der Waals surface area contributed by atoms with E-state index in [0.717, 1.165) is 12.1 Å². The van der Waals surface area contributed by atoms with Crippen molar-refractivity contribution in [2.75, 3.05) is 13.6 Å². The van der Waals surface area contributed by atoms with E-state index in [0.29, 0.717) is 16.7 Å². The van der Waals surface area contributed by atoms with Gasteiger partial charge in [0.2, 0.25) is 0 Å². The van der Waals surface area contributed by atoms with E-state index in [1.807, 2.05) is 31.3 Å². The quantitative estimate of drug-likeness (QED) is 0.379. The van der Waals surface area contributed by atoms with E-state index in [-0.39, 0.29) is 24.0 Å². The van der Waals surface area contributed by atoms with Crippen LogP contribution in [0.5, 0.6) is 11.5 Å². The molecule has 4 rings (SSSR count). The largest absolute Gasteiger partial charge is 0.507 e. The summed E-state index contributed by atoms with van der Waals surface area (Å²) >= 11 is 0. The third-order valence-electron chi connectivity index (χ3n) is 5.63. The zero-order valence-electron chi connectivity index (χ0n) is 17.0. The molecule has 4 aromatic carbocycles. The molecule has 0 heterocycles. The third-order valence-corrected chi connectivity index (χ3v) is 5.63. The molecular weight excluding hydrogens is 372 g/mol. The molecule has 0 aliphatic heterocycles. The summed E-state index contributed by atoms with van der Waals surface area (Å²) < 4.78 is 0. The summed E-state index contributed by atoms with van der Waals surface area (Å²) in [6, 6.07) is 25.7. The minimum Gasteiger partial charge on any atom is -0.507 e. The van der Waals surface area contributed by atoms with Crippen molar-refractivity contribution in [2.45, 2.75) is 12.5 Å². The summed E-state index contributed by atoms with van der Waals surface area (Å²) in [5, 5.41) is 26.9. The lowest BCUT2D eigenvalue weighted by molar-refractivity contribution is 0.464. The predicted octanol–water partition coefficient (Wildman–Crippen LogP) is 4.73. The third kappa shape index (κ3) is 3.63. The van der Waals surface area contributed by atoms with Crippen LogP contribution < -0.4 is 11.1 Å². The molecule has 0 bridgehead atoms. The van der Waals surface area contributed by atoms with Crippen LogP contribution in [0.3, 0.4) is 0 Å². The number of benzene rings is 4. The summed E-state index contributed by atoms with van der Waals surface area (Å²) in [5.41, 5.74) is 10.1. The Morgan fingerprint density at radius 2 is 1.60 bits per heavy atom. The van der Waals surface area contributed by atoms with Gasteiger partial charge in [0.15, 0.2) is 0 Å². The molecule has 4 heteroatoms. The second-order valence-corrected chi connectivity index (χ2v) is 7.48. The summed E-state index contributed by atoms with van der Waals surface area (Å²) in [6.45, 7) is 0.936. The number of hydrogen-bond donors (Lipinski definition) is 4. The van der Waals surface area contributed by atoms with Gasteiger partial charge in [-0.2, -0.15) is 0 Å². The van der Waals surface area contributed by atoms with Crippen molar-refractivity contribution in [3.63, 3.8) is 0 Å². The summed E-state index contributed by atoms with van der Waals surface area (Å²) in [5.74, 6) is 0.295. The number of aromatic hydroxyl groups is 2. The Balaban J connectivity index is 1.94. The van der Waals surface area contributed by atoms with Gasteiger partial charge < -0.3 is 21.3 Å². The molecule has 0 saturated heterocycles. The Morgan fingerprint density at radius 3 is 2.37 bits per heavy atom. The molecule has 0 fully saturated rings. The van der Waals surface area contributed by atoms with E-state index in [1.54, 1.807) is 18.2 Å². The Hall–Kier alpha value is -3.34. The Kier molecular flexibility index (Phi) is 5.70. The van der Waals surface area contributed by atoms with Crippen molar-refractivity contribution in [1.82, 2.24) is 5.32 Å². The van der Waals surface area contributed by atoms with Crippen LogP contribution in [-0.2, 0) is 6.54 Å². The average Bonchev–Trinajstić information content (AvgIpc) is 2.78. The van der Waals surface area contributed by atoms with Crippen LogP contribution in [0.15, 0.2) is 78.9 Å². The molecular formula is C26H26N2O2. The highest BCUT2D eigenvalue weighted by molar-refractivity contribution is 5.87. The number of phenolic OH excluding ortho intramolecular Hbond substituents is 2. The van der Waals surface area contributed by atoms with Gasteiger partial charge in [0, 0.05) is 35.7 Å². The molecule has 1 atom stereocenters. The molecule has 152 valence electrons. The van der Waals surface area contributed by atoms with Gasteiger partial charge in [0.05, 0.1) is 0 Å². The Morgan fingerprint density at radius 1 is 0.867 bits per heavy atom. The lowest BCUT2D eigenvalue weighted by Gasteiger charge is -2.22. The first kappa shape index (κ1) is 20.0. The lowest BCUT2D eigenvalue weighted by atomic mass is 9.85. The second-order valence-electron chi connectivity index (χ2n) is 7.48. The number of fused-ring (bicyclic) bond motifs is 1. The van der Waals surface area contributed by atoms with Crippen molar-refractivity contribution in [3.05, 3.63) is 95.6 Å². The Labute approximate surface area is 176 Å². The Bertz CT molecular complexity index is 1180. The minimum absolute atomic E-state index is 0.0524. The fourth-order valence-electron chi connectivity index (χ4n) is 4.15. The van der Waals surface area contributed by atoms with Crippen LogP contribution in [-0.4, -0.2) is 23.8 Å². The molecule has 0 spiro atoms. The summed E-state index contributed by atoms with van der Waals surface area (Å²) in [6.07, 6.45) is 0. The van der Waals surface area contributed by atoms with Crippen LogP contribution in [0.25, 0.3) is 21.9 Å². The van der Waals surface area contributed by atoms with Gasteiger partial charge in [-0.25, -0.2) is 0 Å². The molecule has 0 aliphatic rings. The van der Waals surface area contributed by atoms with Gasteiger partial charge in [0.1, 0.15) is 11.5 Å². The predicted molar refractivity (Wildman–Crippen MR) is 123 cm³/mol. The molecule has 30 heavy (non-hydrogen) atoms. The molecule has 4 aromatic rings. The number of nitrogens with two attached hydrogens (primary N) is 1. The summed E-state index contributed by atoms with van der Waals surface area (Å²) in [4.78, 5) is 0. The van der Waals surface area contributed by atoms with Crippen LogP contribution in [0.4, 0.5) is 0 Å². The van der Waals surface area contributed by atoms with Crippen molar-refractivity contribution in [3.8, 4) is 22.6 Å². The van der Waals surface area contributed by atoms with E-state index in [9.17, 15) is 10.2 Å². The zero-order valence-corrected chi connectivity index (χ0v) is 17.0. The number of rotatable bonds is 6. The van der Waals surface area contributed by atoms with E-state index >= 15 is 0 Å². The number of para-hydroxylation sites is 1.